The van der Waals surface area contributed by atoms with Crippen molar-refractivity contribution in [3.8, 4) is 0 Å². The summed E-state index contributed by atoms with van der Waals surface area (Å²) in [6, 6.07) is 7.29. The predicted molar refractivity (Wildman–Crippen MR) is 81.6 cm³/mol. The van der Waals surface area contributed by atoms with E-state index in [1.807, 2.05) is 0 Å². The third kappa shape index (κ3) is 2.38. The molecule has 0 aromatic heterocycles. The molecule has 0 bridgehead atoms. The van der Waals surface area contributed by atoms with Gasteiger partial charge in [0.05, 0.1) is 0 Å². The summed E-state index contributed by atoms with van der Waals surface area (Å²) in [5, 5.41) is 0. The van der Waals surface area contributed by atoms with E-state index >= 15 is 0 Å². The number of benzene rings is 1. The van der Waals surface area contributed by atoms with E-state index in [9.17, 15) is 0 Å². The van der Waals surface area contributed by atoms with E-state index in [1.54, 1.807) is 0 Å². The number of nitrogens with zero attached hydrogens (tertiary/aromatic N) is 1. The van der Waals surface area contributed by atoms with Crippen molar-refractivity contribution in [2.24, 2.45) is 11.1 Å². The summed E-state index contributed by atoms with van der Waals surface area (Å²) in [7, 11) is 0. The van der Waals surface area contributed by atoms with Gasteiger partial charge in [0, 0.05) is 30.2 Å². The van der Waals surface area contributed by atoms with Crippen molar-refractivity contribution in [2.75, 3.05) is 18.0 Å². The van der Waals surface area contributed by atoms with E-state index in [0.717, 1.165) is 6.54 Å². The van der Waals surface area contributed by atoms with Gasteiger partial charge in [-0.2, -0.15) is 0 Å². The van der Waals surface area contributed by atoms with Crippen molar-refractivity contribution in [3.05, 3.63) is 29.3 Å². The van der Waals surface area contributed by atoms with Gasteiger partial charge in [-0.05, 0) is 44.2 Å². The van der Waals surface area contributed by atoms with Gasteiger partial charge >= 0.3 is 0 Å². The van der Waals surface area contributed by atoms with Gasteiger partial charge in [0.1, 0.15) is 0 Å². The van der Waals surface area contributed by atoms with E-state index in [1.165, 1.54) is 55.5 Å². The number of hydrogen-bond donors (Lipinski definition) is 1. The summed E-state index contributed by atoms with van der Waals surface area (Å²) in [6.07, 6.45) is 6.29. The predicted octanol–water partition coefficient (Wildman–Crippen LogP) is 3.27. The highest BCUT2D eigenvalue weighted by molar-refractivity contribution is 5.57. The minimum Gasteiger partial charge on any atom is -0.371 e. The first-order chi connectivity index (χ1) is 9.08. The van der Waals surface area contributed by atoms with Crippen LogP contribution in [0.3, 0.4) is 0 Å². The van der Waals surface area contributed by atoms with Gasteiger partial charge < -0.3 is 10.6 Å². The van der Waals surface area contributed by atoms with Crippen molar-refractivity contribution >= 4 is 5.69 Å². The Morgan fingerprint density at radius 2 is 2.21 bits per heavy atom. The van der Waals surface area contributed by atoms with Crippen LogP contribution in [-0.2, 0) is 6.42 Å². The molecule has 2 atom stereocenters. The van der Waals surface area contributed by atoms with Crippen LogP contribution in [0.2, 0.25) is 0 Å². The quantitative estimate of drug-likeness (QED) is 0.882. The van der Waals surface area contributed by atoms with Crippen LogP contribution in [0.25, 0.3) is 0 Å². The molecule has 2 aliphatic rings. The van der Waals surface area contributed by atoms with Crippen LogP contribution in [0, 0.1) is 12.3 Å². The number of hydrogen-bond acceptors (Lipinski definition) is 2. The molecule has 19 heavy (non-hydrogen) atoms. The molecule has 1 aliphatic heterocycles. The molecule has 0 radical (unpaired) electrons. The fourth-order valence-corrected chi connectivity index (χ4v) is 3.86. The zero-order chi connectivity index (χ0) is 13.5. The zero-order valence-electron chi connectivity index (χ0n) is 12.3. The Balaban J connectivity index is 1.84. The normalized spacial score (nSPS) is 30.5. The number of fused-ring (bicyclic) bond motifs is 1. The van der Waals surface area contributed by atoms with Gasteiger partial charge in [0.15, 0.2) is 0 Å². The van der Waals surface area contributed by atoms with E-state index in [2.05, 4.69) is 36.9 Å². The van der Waals surface area contributed by atoms with E-state index in [0.29, 0.717) is 11.5 Å². The van der Waals surface area contributed by atoms with Gasteiger partial charge in [-0.1, -0.05) is 31.0 Å². The molecule has 1 saturated carbocycles. The molecule has 0 spiro atoms. The maximum absolute atomic E-state index is 6.35. The largest absolute Gasteiger partial charge is 0.371 e. The summed E-state index contributed by atoms with van der Waals surface area (Å²) < 4.78 is 0. The Labute approximate surface area is 117 Å². The van der Waals surface area contributed by atoms with Crippen molar-refractivity contribution < 1.29 is 0 Å². The molecule has 2 N–H and O–H groups in total. The van der Waals surface area contributed by atoms with Gasteiger partial charge in [-0.15, -0.1) is 0 Å². The maximum Gasteiger partial charge on any atom is 0.0399 e. The summed E-state index contributed by atoms with van der Waals surface area (Å²) >= 11 is 0. The molecule has 0 saturated heterocycles. The minimum atomic E-state index is 0.305. The molecule has 1 heterocycles. The maximum atomic E-state index is 6.35. The highest BCUT2D eigenvalue weighted by Crippen LogP contribution is 2.39. The molecule has 2 unspecified atom stereocenters. The molecule has 3 rings (SSSR count). The lowest BCUT2D eigenvalue weighted by molar-refractivity contribution is 0.295. The lowest BCUT2D eigenvalue weighted by atomic mass is 9.83. The average molecular weight is 258 g/mol. The Morgan fingerprint density at radius 3 is 2.95 bits per heavy atom. The molecule has 1 aliphatic carbocycles. The highest BCUT2D eigenvalue weighted by atomic mass is 15.1. The Hall–Kier alpha value is -1.02. The fourth-order valence-electron chi connectivity index (χ4n) is 3.86. The third-order valence-corrected chi connectivity index (χ3v) is 5.16. The van der Waals surface area contributed by atoms with Gasteiger partial charge in [-0.3, -0.25) is 0 Å². The molecule has 104 valence electrons. The number of aryl methyl sites for hydroxylation is 2. The zero-order valence-corrected chi connectivity index (χ0v) is 12.3. The molecular formula is C17H26N2. The van der Waals surface area contributed by atoms with Crippen LogP contribution >= 0.6 is 0 Å². The van der Waals surface area contributed by atoms with Crippen LogP contribution < -0.4 is 10.6 Å². The summed E-state index contributed by atoms with van der Waals surface area (Å²) in [4.78, 5) is 2.59. The Kier molecular flexibility index (Phi) is 3.30. The molecule has 2 nitrogen and oxygen atoms in total. The lowest BCUT2D eigenvalue weighted by Gasteiger charge is -2.39. The van der Waals surface area contributed by atoms with Gasteiger partial charge in [0.25, 0.3) is 0 Å². The fraction of sp³-hybridized carbons (Fsp3) is 0.647. The first-order valence-electron chi connectivity index (χ1n) is 7.69. The van der Waals surface area contributed by atoms with Crippen molar-refractivity contribution in [1.29, 1.82) is 0 Å². The average Bonchev–Trinajstić information content (AvgIpc) is 2.69. The van der Waals surface area contributed by atoms with E-state index in [-0.39, 0.29) is 0 Å². The van der Waals surface area contributed by atoms with Crippen molar-refractivity contribution in [1.82, 2.24) is 0 Å². The number of nitrogens with two attached hydrogens (primary N) is 1. The first-order valence-corrected chi connectivity index (χ1v) is 7.69. The lowest BCUT2D eigenvalue weighted by Crippen LogP contribution is -2.45. The van der Waals surface area contributed by atoms with Gasteiger partial charge in [0.2, 0.25) is 0 Å². The molecule has 1 aromatic carbocycles. The molecule has 0 amide bonds. The summed E-state index contributed by atoms with van der Waals surface area (Å²) in [5.41, 5.74) is 11.0. The monoisotopic (exact) mass is 258 g/mol. The van der Waals surface area contributed by atoms with Crippen LogP contribution in [0.4, 0.5) is 5.69 Å². The smallest absolute Gasteiger partial charge is 0.0399 e. The molecule has 1 fully saturated rings. The third-order valence-electron chi connectivity index (χ3n) is 5.16. The SMILES string of the molecule is Cc1ccc2c(c1)CCCN2CC1(C)CCCC1N. The Morgan fingerprint density at radius 1 is 1.37 bits per heavy atom. The second-order valence-electron chi connectivity index (χ2n) is 6.81. The minimum absolute atomic E-state index is 0.305. The van der Waals surface area contributed by atoms with Crippen molar-refractivity contribution in [2.45, 2.75) is 52.0 Å². The number of anilines is 1. The number of rotatable bonds is 2. The van der Waals surface area contributed by atoms with Crippen molar-refractivity contribution in [3.63, 3.8) is 0 Å². The van der Waals surface area contributed by atoms with Gasteiger partial charge in [-0.25, -0.2) is 0 Å². The highest BCUT2D eigenvalue weighted by Gasteiger charge is 2.38. The van der Waals surface area contributed by atoms with Crippen LogP contribution in [0.5, 0.6) is 0 Å². The van der Waals surface area contributed by atoms with Crippen LogP contribution in [0.15, 0.2) is 18.2 Å². The molecule has 1 aromatic rings. The van der Waals surface area contributed by atoms with E-state index in [4.69, 9.17) is 5.73 Å². The standard InChI is InChI=1S/C17H26N2/c1-13-7-8-15-14(11-13)5-4-10-19(15)12-17(2)9-3-6-16(17)18/h7-8,11,16H,3-6,9-10,12,18H2,1-2H3. The second kappa shape index (κ2) is 4.82. The Bertz CT molecular complexity index is 468. The summed E-state index contributed by atoms with van der Waals surface area (Å²) in [6.45, 7) is 6.89. The topological polar surface area (TPSA) is 29.3 Å². The van der Waals surface area contributed by atoms with Crippen LogP contribution in [-0.4, -0.2) is 19.1 Å². The first kappa shape index (κ1) is 13.0. The molecule has 2 heteroatoms. The van der Waals surface area contributed by atoms with E-state index < -0.39 is 0 Å². The summed E-state index contributed by atoms with van der Waals surface area (Å²) in [5.74, 6) is 0. The second-order valence-corrected chi connectivity index (χ2v) is 6.81. The van der Waals surface area contributed by atoms with Crippen LogP contribution in [0.1, 0.15) is 43.7 Å². The molecular weight excluding hydrogens is 232 g/mol.